The van der Waals surface area contributed by atoms with Crippen LogP contribution in [0.15, 0.2) is 24.3 Å². The Bertz CT molecular complexity index is 341. The van der Waals surface area contributed by atoms with Gasteiger partial charge in [0.25, 0.3) is 0 Å². The first-order valence-corrected chi connectivity index (χ1v) is 7.34. The van der Waals surface area contributed by atoms with Gasteiger partial charge in [-0.1, -0.05) is 25.5 Å². The molecule has 1 aromatic rings. The fraction of sp³-hybridized carbons (Fsp3) is 0.625. The first-order valence-electron chi connectivity index (χ1n) is 7.34. The van der Waals surface area contributed by atoms with E-state index in [1.165, 1.54) is 57.3 Å². The van der Waals surface area contributed by atoms with Gasteiger partial charge in [0.05, 0.1) is 0 Å². The molecule has 0 unspecified atom stereocenters. The average Bonchev–Trinajstić information content (AvgIpc) is 2.33. The van der Waals surface area contributed by atoms with Gasteiger partial charge in [0.1, 0.15) is 0 Å². The van der Waals surface area contributed by atoms with E-state index in [4.69, 9.17) is 5.73 Å². The van der Waals surface area contributed by atoms with Gasteiger partial charge in [0.2, 0.25) is 0 Å². The van der Waals surface area contributed by atoms with Gasteiger partial charge in [-0.25, -0.2) is 0 Å². The van der Waals surface area contributed by atoms with Crippen molar-refractivity contribution >= 4 is 5.69 Å². The number of rotatable bonds is 7. The van der Waals surface area contributed by atoms with Crippen molar-refractivity contribution in [3.05, 3.63) is 29.8 Å². The van der Waals surface area contributed by atoms with Crippen molar-refractivity contribution in [1.29, 1.82) is 0 Å². The fourth-order valence-corrected chi connectivity index (χ4v) is 2.61. The highest BCUT2D eigenvalue weighted by atomic mass is 15.1. The summed E-state index contributed by atoms with van der Waals surface area (Å²) < 4.78 is 0. The van der Waals surface area contributed by atoms with Crippen molar-refractivity contribution in [3.63, 3.8) is 0 Å². The molecule has 1 saturated carbocycles. The minimum Gasteiger partial charge on any atom is -0.399 e. The molecular weight excluding hydrogens is 220 g/mol. The molecule has 2 rings (SSSR count). The van der Waals surface area contributed by atoms with E-state index in [1.807, 2.05) is 12.1 Å². The molecule has 0 spiro atoms. The summed E-state index contributed by atoms with van der Waals surface area (Å²) in [5.41, 5.74) is 7.96. The van der Waals surface area contributed by atoms with Crippen LogP contribution in [0.5, 0.6) is 0 Å². The van der Waals surface area contributed by atoms with E-state index in [9.17, 15) is 0 Å². The zero-order valence-corrected chi connectivity index (χ0v) is 11.6. The summed E-state index contributed by atoms with van der Waals surface area (Å²) in [6.07, 6.45) is 6.78. The van der Waals surface area contributed by atoms with Gasteiger partial charge >= 0.3 is 0 Å². The summed E-state index contributed by atoms with van der Waals surface area (Å²) in [7, 11) is 0. The van der Waals surface area contributed by atoms with E-state index in [2.05, 4.69) is 24.0 Å². The Kier molecular flexibility index (Phi) is 5.06. The molecule has 18 heavy (non-hydrogen) atoms. The van der Waals surface area contributed by atoms with Crippen molar-refractivity contribution in [2.45, 2.75) is 39.0 Å². The van der Waals surface area contributed by atoms with Crippen molar-refractivity contribution in [3.8, 4) is 0 Å². The normalized spacial score (nSPS) is 15.9. The maximum absolute atomic E-state index is 5.69. The van der Waals surface area contributed by atoms with E-state index in [0.29, 0.717) is 0 Å². The number of hydrogen-bond acceptors (Lipinski definition) is 2. The monoisotopic (exact) mass is 246 g/mol. The molecule has 1 aromatic carbocycles. The molecule has 1 fully saturated rings. The van der Waals surface area contributed by atoms with E-state index < -0.39 is 0 Å². The molecule has 0 bridgehead atoms. The van der Waals surface area contributed by atoms with Crippen molar-refractivity contribution < 1.29 is 0 Å². The van der Waals surface area contributed by atoms with Gasteiger partial charge in [0.15, 0.2) is 0 Å². The number of nitrogens with two attached hydrogens (primary N) is 1. The van der Waals surface area contributed by atoms with Crippen LogP contribution in [0.25, 0.3) is 0 Å². The average molecular weight is 246 g/mol. The first kappa shape index (κ1) is 13.4. The predicted octanol–water partition coefficient (Wildman–Crippen LogP) is 3.32. The number of anilines is 1. The minimum absolute atomic E-state index is 0.860. The maximum Gasteiger partial charge on any atom is 0.0314 e. The van der Waals surface area contributed by atoms with Crippen LogP contribution in [-0.4, -0.2) is 24.5 Å². The molecular formula is C16H26N2. The molecule has 0 heterocycles. The molecule has 0 saturated heterocycles. The fourth-order valence-electron chi connectivity index (χ4n) is 2.61. The second kappa shape index (κ2) is 6.79. The molecule has 100 valence electrons. The standard InChI is InChI=1S/C16H26N2/c1-2-18(13-15-5-3-6-15)12-4-7-14-8-10-16(17)11-9-14/h8-11,15H,2-7,12-13,17H2,1H3. The van der Waals surface area contributed by atoms with Gasteiger partial charge < -0.3 is 10.6 Å². The topological polar surface area (TPSA) is 29.3 Å². The molecule has 2 N–H and O–H groups in total. The largest absolute Gasteiger partial charge is 0.399 e. The van der Waals surface area contributed by atoms with Crippen molar-refractivity contribution in [2.24, 2.45) is 5.92 Å². The Labute approximate surface area is 111 Å². The smallest absolute Gasteiger partial charge is 0.0314 e. The van der Waals surface area contributed by atoms with E-state index in [0.717, 1.165) is 11.6 Å². The number of aryl methyl sites for hydroxylation is 1. The molecule has 0 atom stereocenters. The van der Waals surface area contributed by atoms with Gasteiger partial charge in [-0.05, 0) is 62.4 Å². The molecule has 0 radical (unpaired) electrons. The Morgan fingerprint density at radius 1 is 1.22 bits per heavy atom. The Hall–Kier alpha value is -1.02. The molecule has 0 amide bonds. The number of hydrogen-bond donors (Lipinski definition) is 1. The summed E-state index contributed by atoms with van der Waals surface area (Å²) in [6.45, 7) is 6.02. The Morgan fingerprint density at radius 3 is 2.50 bits per heavy atom. The van der Waals surface area contributed by atoms with E-state index >= 15 is 0 Å². The lowest BCUT2D eigenvalue weighted by molar-refractivity contribution is 0.183. The summed E-state index contributed by atoms with van der Waals surface area (Å²) in [4.78, 5) is 2.61. The molecule has 2 nitrogen and oxygen atoms in total. The molecule has 0 aliphatic heterocycles. The summed E-state index contributed by atoms with van der Waals surface area (Å²) >= 11 is 0. The Balaban J connectivity index is 1.67. The zero-order chi connectivity index (χ0) is 12.8. The van der Waals surface area contributed by atoms with Crippen LogP contribution in [-0.2, 0) is 6.42 Å². The van der Waals surface area contributed by atoms with Crippen LogP contribution in [0.3, 0.4) is 0 Å². The summed E-state index contributed by atoms with van der Waals surface area (Å²) in [6, 6.07) is 8.30. The second-order valence-electron chi connectivity index (χ2n) is 5.54. The van der Waals surface area contributed by atoms with Crippen LogP contribution in [0.1, 0.15) is 38.2 Å². The zero-order valence-electron chi connectivity index (χ0n) is 11.6. The molecule has 2 heteroatoms. The first-order chi connectivity index (χ1) is 8.78. The van der Waals surface area contributed by atoms with Crippen LogP contribution < -0.4 is 5.73 Å². The van der Waals surface area contributed by atoms with Crippen LogP contribution in [0.4, 0.5) is 5.69 Å². The highest BCUT2D eigenvalue weighted by Gasteiger charge is 2.19. The predicted molar refractivity (Wildman–Crippen MR) is 78.6 cm³/mol. The minimum atomic E-state index is 0.860. The van der Waals surface area contributed by atoms with Crippen LogP contribution in [0, 0.1) is 5.92 Å². The quantitative estimate of drug-likeness (QED) is 0.748. The lowest BCUT2D eigenvalue weighted by atomic mass is 9.85. The van der Waals surface area contributed by atoms with Gasteiger partial charge in [-0.3, -0.25) is 0 Å². The summed E-state index contributed by atoms with van der Waals surface area (Å²) in [5, 5.41) is 0. The summed E-state index contributed by atoms with van der Waals surface area (Å²) in [5.74, 6) is 0.987. The lowest BCUT2D eigenvalue weighted by Gasteiger charge is -2.31. The van der Waals surface area contributed by atoms with E-state index in [1.54, 1.807) is 0 Å². The molecule has 0 aromatic heterocycles. The second-order valence-corrected chi connectivity index (χ2v) is 5.54. The van der Waals surface area contributed by atoms with Gasteiger partial charge in [-0.2, -0.15) is 0 Å². The third-order valence-electron chi connectivity index (χ3n) is 4.11. The van der Waals surface area contributed by atoms with Gasteiger partial charge in [-0.15, -0.1) is 0 Å². The third kappa shape index (κ3) is 4.02. The Morgan fingerprint density at radius 2 is 1.94 bits per heavy atom. The lowest BCUT2D eigenvalue weighted by Crippen LogP contribution is -2.33. The SMILES string of the molecule is CCN(CCCc1ccc(N)cc1)CC1CCC1. The number of nitrogens with zero attached hydrogens (tertiary/aromatic N) is 1. The van der Waals surface area contributed by atoms with Crippen molar-refractivity contribution in [2.75, 3.05) is 25.4 Å². The maximum atomic E-state index is 5.69. The van der Waals surface area contributed by atoms with Crippen molar-refractivity contribution in [1.82, 2.24) is 4.90 Å². The molecule has 1 aliphatic rings. The number of nitrogen functional groups attached to an aromatic ring is 1. The van der Waals surface area contributed by atoms with E-state index in [-0.39, 0.29) is 0 Å². The van der Waals surface area contributed by atoms with Crippen LogP contribution >= 0.6 is 0 Å². The third-order valence-corrected chi connectivity index (χ3v) is 4.11. The number of benzene rings is 1. The van der Waals surface area contributed by atoms with Crippen LogP contribution in [0.2, 0.25) is 0 Å². The molecule has 1 aliphatic carbocycles. The highest BCUT2D eigenvalue weighted by molar-refractivity contribution is 5.39. The van der Waals surface area contributed by atoms with Gasteiger partial charge in [0, 0.05) is 12.2 Å². The highest BCUT2D eigenvalue weighted by Crippen LogP contribution is 2.27.